The predicted octanol–water partition coefficient (Wildman–Crippen LogP) is 4.50. The maximum absolute atomic E-state index is 14.2. The molecule has 46 heavy (non-hydrogen) atoms. The average molecular weight is 635 g/mol. The topological polar surface area (TPSA) is 99.6 Å². The molecule has 246 valence electrons. The molecule has 2 heterocycles. The molecule has 3 amide bonds. The molecule has 0 bridgehead atoms. The second kappa shape index (κ2) is 15.4. The SMILES string of the molecule is CNC(C)C(=O)NC(C(=O)N1CCCC1CN(CCc1ccc(F)cc1)C(=O)c1cn(-c2ccc(F)cc2)cn1)C1CCCCC1. The highest BCUT2D eigenvalue weighted by molar-refractivity contribution is 5.92. The Labute approximate surface area is 269 Å². The van der Waals surface area contributed by atoms with Crippen LogP contribution in [0.25, 0.3) is 5.69 Å². The van der Waals surface area contributed by atoms with Gasteiger partial charge in [0.25, 0.3) is 5.91 Å². The highest BCUT2D eigenvalue weighted by Crippen LogP contribution is 2.30. The Kier molecular flexibility index (Phi) is 11.2. The van der Waals surface area contributed by atoms with Crippen molar-refractivity contribution in [1.29, 1.82) is 0 Å². The lowest BCUT2D eigenvalue weighted by molar-refractivity contribution is -0.139. The molecule has 3 aromatic rings. The van der Waals surface area contributed by atoms with E-state index in [1.165, 1.54) is 30.6 Å². The molecule has 2 N–H and O–H groups in total. The summed E-state index contributed by atoms with van der Waals surface area (Å²) in [6.07, 6.45) is 10.1. The number of likely N-dealkylation sites (N-methyl/N-ethyl adjacent to an activating group) is 1. The monoisotopic (exact) mass is 634 g/mol. The van der Waals surface area contributed by atoms with Crippen LogP contribution in [-0.2, 0) is 16.0 Å². The van der Waals surface area contributed by atoms with Crippen molar-refractivity contribution >= 4 is 17.7 Å². The fraction of sp³-hybridized carbons (Fsp3) is 0.486. The zero-order chi connectivity index (χ0) is 32.6. The van der Waals surface area contributed by atoms with Gasteiger partial charge >= 0.3 is 0 Å². The molecule has 1 saturated carbocycles. The minimum absolute atomic E-state index is 0.0714. The van der Waals surface area contributed by atoms with Crippen LogP contribution in [0, 0.1) is 17.6 Å². The molecular formula is C35H44F2N6O3. The molecule has 3 unspecified atom stereocenters. The van der Waals surface area contributed by atoms with Crippen molar-refractivity contribution in [3.05, 3.63) is 83.9 Å². The van der Waals surface area contributed by atoms with Crippen LogP contribution < -0.4 is 10.6 Å². The minimum atomic E-state index is -0.612. The lowest BCUT2D eigenvalue weighted by atomic mass is 9.83. The van der Waals surface area contributed by atoms with E-state index in [2.05, 4.69) is 15.6 Å². The van der Waals surface area contributed by atoms with Crippen LogP contribution in [0.5, 0.6) is 0 Å². The molecule has 1 aliphatic carbocycles. The third-order valence-corrected chi connectivity index (χ3v) is 9.40. The summed E-state index contributed by atoms with van der Waals surface area (Å²) in [6.45, 7) is 2.98. The number of benzene rings is 2. The first-order chi connectivity index (χ1) is 22.2. The minimum Gasteiger partial charge on any atom is -0.343 e. The summed E-state index contributed by atoms with van der Waals surface area (Å²) in [7, 11) is 1.72. The van der Waals surface area contributed by atoms with Gasteiger partial charge in [-0.1, -0.05) is 31.4 Å². The number of carbonyl (C=O) groups excluding carboxylic acids is 3. The number of likely N-dealkylation sites (tertiary alicyclic amines) is 1. The van der Waals surface area contributed by atoms with Crippen LogP contribution in [-0.4, -0.2) is 81.9 Å². The Morgan fingerprint density at radius 1 is 0.957 bits per heavy atom. The number of halogens is 2. The number of aromatic nitrogens is 2. The highest BCUT2D eigenvalue weighted by atomic mass is 19.1. The van der Waals surface area contributed by atoms with Crippen LogP contribution in [0.1, 0.15) is 67.9 Å². The summed E-state index contributed by atoms with van der Waals surface area (Å²) in [5.74, 6) is -1.19. The Hall–Kier alpha value is -4.12. The molecule has 1 saturated heterocycles. The largest absolute Gasteiger partial charge is 0.343 e. The predicted molar refractivity (Wildman–Crippen MR) is 171 cm³/mol. The van der Waals surface area contributed by atoms with Crippen molar-refractivity contribution in [2.45, 2.75) is 76.4 Å². The second-order valence-corrected chi connectivity index (χ2v) is 12.5. The van der Waals surface area contributed by atoms with Gasteiger partial charge in [-0.2, -0.15) is 0 Å². The Bertz CT molecular complexity index is 1470. The number of hydrogen-bond donors (Lipinski definition) is 2. The first-order valence-corrected chi connectivity index (χ1v) is 16.3. The van der Waals surface area contributed by atoms with Gasteiger partial charge in [-0.15, -0.1) is 0 Å². The molecule has 5 rings (SSSR count). The average Bonchev–Trinajstić information content (AvgIpc) is 3.76. The van der Waals surface area contributed by atoms with E-state index in [1.54, 1.807) is 53.9 Å². The zero-order valence-corrected chi connectivity index (χ0v) is 26.6. The van der Waals surface area contributed by atoms with Crippen molar-refractivity contribution in [1.82, 2.24) is 30.0 Å². The summed E-state index contributed by atoms with van der Waals surface area (Å²) in [6, 6.07) is 10.9. The van der Waals surface area contributed by atoms with Gasteiger partial charge in [0, 0.05) is 37.6 Å². The number of imidazole rings is 1. The normalized spacial score (nSPS) is 18.3. The standard InChI is InChI=1S/C35H44F2N6O3/c1-24(38-2)33(44)40-32(26-7-4-3-5-8-26)35(46)43-19-6-9-30(43)21-41(20-18-25-10-12-27(36)13-11-25)34(45)31-22-42(23-39-31)29-16-14-28(37)15-17-29/h10-17,22-24,26,30,32,38H,3-9,18-21H2,1-2H3,(H,40,44). The van der Waals surface area contributed by atoms with Gasteiger partial charge in [0.15, 0.2) is 0 Å². The molecule has 1 aliphatic heterocycles. The summed E-state index contributed by atoms with van der Waals surface area (Å²) in [4.78, 5) is 49.1. The maximum Gasteiger partial charge on any atom is 0.274 e. The third kappa shape index (κ3) is 8.17. The number of nitrogens with one attached hydrogen (secondary N) is 2. The summed E-state index contributed by atoms with van der Waals surface area (Å²) in [5.41, 5.74) is 1.78. The lowest BCUT2D eigenvalue weighted by Crippen LogP contribution is -2.57. The van der Waals surface area contributed by atoms with Crippen LogP contribution in [0.3, 0.4) is 0 Å². The zero-order valence-electron chi connectivity index (χ0n) is 26.6. The van der Waals surface area contributed by atoms with Crippen LogP contribution in [0.2, 0.25) is 0 Å². The number of nitrogens with zero attached hydrogens (tertiary/aromatic N) is 4. The first-order valence-electron chi connectivity index (χ1n) is 16.3. The fourth-order valence-electron chi connectivity index (χ4n) is 6.55. The third-order valence-electron chi connectivity index (χ3n) is 9.40. The Balaban J connectivity index is 1.36. The molecule has 0 radical (unpaired) electrons. The van der Waals surface area contributed by atoms with Gasteiger partial charge < -0.3 is 25.0 Å². The molecule has 1 aromatic heterocycles. The van der Waals surface area contributed by atoms with Gasteiger partial charge in [0.1, 0.15) is 29.7 Å². The molecule has 9 nitrogen and oxygen atoms in total. The molecule has 3 atom stereocenters. The van der Waals surface area contributed by atoms with Gasteiger partial charge in [-0.3, -0.25) is 14.4 Å². The van der Waals surface area contributed by atoms with E-state index in [-0.39, 0.29) is 47.0 Å². The molecular weight excluding hydrogens is 590 g/mol. The van der Waals surface area contributed by atoms with E-state index < -0.39 is 12.1 Å². The molecule has 0 spiro atoms. The van der Waals surface area contributed by atoms with E-state index in [1.807, 2.05) is 4.90 Å². The molecule has 2 aromatic carbocycles. The quantitative estimate of drug-likeness (QED) is 0.306. The summed E-state index contributed by atoms with van der Waals surface area (Å²) < 4.78 is 28.7. The van der Waals surface area contributed by atoms with Crippen molar-refractivity contribution in [2.75, 3.05) is 26.7 Å². The van der Waals surface area contributed by atoms with Gasteiger partial charge in [-0.05, 0) is 94.0 Å². The maximum atomic E-state index is 14.2. The molecule has 2 fully saturated rings. The van der Waals surface area contributed by atoms with Crippen molar-refractivity contribution in [3.63, 3.8) is 0 Å². The molecule has 11 heteroatoms. The van der Waals surface area contributed by atoms with Crippen LogP contribution in [0.4, 0.5) is 8.78 Å². The first kappa shape index (κ1) is 33.2. The van der Waals surface area contributed by atoms with E-state index in [0.717, 1.165) is 50.5 Å². The second-order valence-electron chi connectivity index (χ2n) is 12.5. The number of amides is 3. The number of rotatable bonds is 12. The number of carbonyl (C=O) groups is 3. The Morgan fingerprint density at radius 2 is 1.63 bits per heavy atom. The van der Waals surface area contributed by atoms with E-state index in [9.17, 15) is 23.2 Å². The van der Waals surface area contributed by atoms with Crippen LogP contribution >= 0.6 is 0 Å². The van der Waals surface area contributed by atoms with Crippen molar-refractivity contribution in [3.8, 4) is 5.69 Å². The lowest BCUT2D eigenvalue weighted by Gasteiger charge is -2.37. The van der Waals surface area contributed by atoms with Gasteiger partial charge in [0.2, 0.25) is 11.8 Å². The highest BCUT2D eigenvalue weighted by Gasteiger charge is 2.39. The number of hydrogen-bond acceptors (Lipinski definition) is 5. The fourth-order valence-corrected chi connectivity index (χ4v) is 6.55. The van der Waals surface area contributed by atoms with Crippen molar-refractivity contribution < 1.29 is 23.2 Å². The van der Waals surface area contributed by atoms with Gasteiger partial charge in [0.05, 0.1) is 6.04 Å². The van der Waals surface area contributed by atoms with Gasteiger partial charge in [-0.25, -0.2) is 13.8 Å². The van der Waals surface area contributed by atoms with Crippen molar-refractivity contribution in [2.24, 2.45) is 5.92 Å². The van der Waals surface area contributed by atoms with E-state index in [0.29, 0.717) is 31.7 Å². The smallest absolute Gasteiger partial charge is 0.274 e. The van der Waals surface area contributed by atoms with E-state index in [4.69, 9.17) is 0 Å². The van der Waals surface area contributed by atoms with Crippen LogP contribution in [0.15, 0.2) is 61.1 Å². The summed E-state index contributed by atoms with van der Waals surface area (Å²) in [5, 5.41) is 6.03. The van der Waals surface area contributed by atoms with E-state index >= 15 is 0 Å². The summed E-state index contributed by atoms with van der Waals surface area (Å²) >= 11 is 0. The molecule has 2 aliphatic rings. The Morgan fingerprint density at radius 3 is 2.30 bits per heavy atom.